The number of fused-ring (bicyclic) bond motifs is 1. The van der Waals surface area contributed by atoms with Crippen molar-refractivity contribution in [1.29, 1.82) is 0 Å². The molecule has 0 saturated heterocycles. The van der Waals surface area contributed by atoms with Crippen molar-refractivity contribution in [3.8, 4) is 0 Å². The summed E-state index contributed by atoms with van der Waals surface area (Å²) < 4.78 is 5.49. The second-order valence-corrected chi connectivity index (χ2v) is 8.68. The van der Waals surface area contributed by atoms with Gasteiger partial charge in [-0.2, -0.15) is 0 Å². The highest BCUT2D eigenvalue weighted by Gasteiger charge is 2.44. The van der Waals surface area contributed by atoms with E-state index in [4.69, 9.17) is 4.74 Å². The molecule has 0 spiro atoms. The summed E-state index contributed by atoms with van der Waals surface area (Å²) in [5.41, 5.74) is 0.554. The normalized spacial score (nSPS) is 15.6. The van der Waals surface area contributed by atoms with E-state index in [1.54, 1.807) is 29.2 Å². The summed E-state index contributed by atoms with van der Waals surface area (Å²) in [6, 6.07) is 5.31. The molecule has 3 amide bonds. The van der Waals surface area contributed by atoms with E-state index in [9.17, 15) is 19.2 Å². The molecule has 0 bridgehead atoms. The lowest BCUT2D eigenvalue weighted by Crippen LogP contribution is -2.50. The van der Waals surface area contributed by atoms with Gasteiger partial charge in [0.25, 0.3) is 17.7 Å². The van der Waals surface area contributed by atoms with Crippen molar-refractivity contribution in [3.63, 3.8) is 0 Å². The van der Waals surface area contributed by atoms with Gasteiger partial charge in [0.1, 0.15) is 6.04 Å². The molecule has 0 unspecified atom stereocenters. The predicted molar refractivity (Wildman–Crippen MR) is 113 cm³/mol. The van der Waals surface area contributed by atoms with Gasteiger partial charge in [-0.05, 0) is 59.1 Å². The van der Waals surface area contributed by atoms with Gasteiger partial charge >= 0.3 is 5.97 Å². The van der Waals surface area contributed by atoms with Crippen LogP contribution in [0.1, 0.15) is 75.6 Å². The summed E-state index contributed by atoms with van der Waals surface area (Å²) in [5, 5.41) is 0. The molecule has 1 aromatic carbocycles. The summed E-state index contributed by atoms with van der Waals surface area (Å²) in [7, 11) is 0. The number of carbonyl (C=O) groups excluding carboxylic acids is 4. The van der Waals surface area contributed by atoms with Crippen molar-refractivity contribution in [2.45, 2.75) is 79.1 Å². The summed E-state index contributed by atoms with van der Waals surface area (Å²) >= 11 is 0. The first-order valence-electron chi connectivity index (χ1n) is 10.5. The number of carbonyl (C=O) groups is 4. The molecule has 0 aliphatic carbocycles. The van der Waals surface area contributed by atoms with Crippen LogP contribution in [-0.2, 0) is 14.3 Å². The number of rotatable bonds is 8. The van der Waals surface area contributed by atoms with Crippen molar-refractivity contribution in [2.75, 3.05) is 0 Å². The first-order chi connectivity index (χ1) is 14.0. The van der Waals surface area contributed by atoms with Gasteiger partial charge in [0.05, 0.1) is 11.1 Å². The second-order valence-electron chi connectivity index (χ2n) is 8.68. The first kappa shape index (κ1) is 23.6. The van der Waals surface area contributed by atoms with Crippen molar-refractivity contribution < 1.29 is 23.9 Å². The summed E-state index contributed by atoms with van der Waals surface area (Å²) in [6.45, 7) is 12.9. The average molecular weight is 417 g/mol. The van der Waals surface area contributed by atoms with E-state index in [-0.39, 0.29) is 41.5 Å². The van der Waals surface area contributed by atoms with Gasteiger partial charge in [-0.3, -0.25) is 19.3 Å². The van der Waals surface area contributed by atoms with Gasteiger partial charge in [-0.1, -0.05) is 26.0 Å². The Labute approximate surface area is 178 Å². The lowest BCUT2D eigenvalue weighted by Gasteiger charge is -2.33. The minimum atomic E-state index is -1.08. The Morgan fingerprint density at radius 1 is 0.900 bits per heavy atom. The van der Waals surface area contributed by atoms with E-state index in [1.807, 2.05) is 41.5 Å². The summed E-state index contributed by atoms with van der Waals surface area (Å²) in [6.07, 6.45) is -0.768. The fourth-order valence-corrected chi connectivity index (χ4v) is 3.86. The summed E-state index contributed by atoms with van der Waals surface area (Å²) in [4.78, 5) is 54.2. The van der Waals surface area contributed by atoms with E-state index in [0.717, 1.165) is 4.90 Å². The Hall–Kier alpha value is -2.70. The molecule has 2 atom stereocenters. The predicted octanol–water partition coefficient (Wildman–Crippen LogP) is 3.27. The second kappa shape index (κ2) is 9.41. The topological polar surface area (TPSA) is 84.0 Å². The standard InChI is InChI=1S/C23H32N2O5/c1-13(2)12-19(25-21(27)17-10-8-9-11-18(17)22(25)28)23(29)30-16(7)20(26)24(14(3)4)15(5)6/h8-11,13-16,19H,12H2,1-7H3/t16-,19-/m0/s1. The number of esters is 1. The van der Waals surface area contributed by atoms with Crippen molar-refractivity contribution in [3.05, 3.63) is 35.4 Å². The maximum atomic E-state index is 13.0. The molecule has 7 heteroatoms. The zero-order valence-electron chi connectivity index (χ0n) is 18.8. The molecule has 30 heavy (non-hydrogen) atoms. The van der Waals surface area contributed by atoms with Crippen LogP contribution < -0.4 is 0 Å². The number of hydrogen-bond acceptors (Lipinski definition) is 5. The van der Waals surface area contributed by atoms with Crippen LogP contribution in [0.4, 0.5) is 0 Å². The number of nitrogens with zero attached hydrogens (tertiary/aromatic N) is 2. The van der Waals surface area contributed by atoms with Crippen LogP contribution in [0.3, 0.4) is 0 Å². The summed E-state index contributed by atoms with van der Waals surface area (Å²) in [5.74, 6) is -2.04. The molecule has 0 fully saturated rings. The molecule has 0 aromatic heterocycles. The minimum Gasteiger partial charge on any atom is -0.451 e. The number of ether oxygens (including phenoxy) is 1. The van der Waals surface area contributed by atoms with E-state index >= 15 is 0 Å². The molecule has 1 aliphatic heterocycles. The number of hydrogen-bond donors (Lipinski definition) is 0. The van der Waals surface area contributed by atoms with E-state index in [0.29, 0.717) is 0 Å². The highest BCUT2D eigenvalue weighted by molar-refractivity contribution is 6.22. The lowest BCUT2D eigenvalue weighted by atomic mass is 10.0. The SMILES string of the molecule is CC(C)C[C@@H](C(=O)O[C@@H](C)C(=O)N(C(C)C)C(C)C)N1C(=O)c2ccccc2C1=O. The fourth-order valence-electron chi connectivity index (χ4n) is 3.86. The number of benzene rings is 1. The quantitative estimate of drug-likeness (QED) is 0.480. The Morgan fingerprint density at radius 3 is 1.77 bits per heavy atom. The molecule has 2 rings (SSSR count). The first-order valence-corrected chi connectivity index (χ1v) is 10.5. The molecule has 164 valence electrons. The highest BCUT2D eigenvalue weighted by Crippen LogP contribution is 2.27. The molecule has 0 saturated carbocycles. The zero-order chi connectivity index (χ0) is 22.7. The van der Waals surface area contributed by atoms with Crippen molar-refractivity contribution in [2.24, 2.45) is 5.92 Å². The molecular formula is C23H32N2O5. The van der Waals surface area contributed by atoms with Crippen LogP contribution in [0.15, 0.2) is 24.3 Å². The van der Waals surface area contributed by atoms with Crippen LogP contribution in [0.5, 0.6) is 0 Å². The van der Waals surface area contributed by atoms with Crippen LogP contribution in [0, 0.1) is 5.92 Å². The number of imide groups is 1. The van der Waals surface area contributed by atoms with Gasteiger partial charge in [-0.15, -0.1) is 0 Å². The molecule has 0 N–H and O–H groups in total. The molecule has 1 aliphatic rings. The van der Waals surface area contributed by atoms with Gasteiger partial charge in [0, 0.05) is 12.1 Å². The highest BCUT2D eigenvalue weighted by atomic mass is 16.5. The lowest BCUT2D eigenvalue weighted by molar-refractivity contribution is -0.164. The molecule has 0 radical (unpaired) electrons. The molecule has 1 heterocycles. The van der Waals surface area contributed by atoms with Crippen LogP contribution in [0.25, 0.3) is 0 Å². The largest absolute Gasteiger partial charge is 0.451 e. The van der Waals surface area contributed by atoms with Crippen LogP contribution in [-0.4, -0.2) is 57.7 Å². The number of amides is 3. The van der Waals surface area contributed by atoms with Gasteiger partial charge in [0.2, 0.25) is 0 Å². The smallest absolute Gasteiger partial charge is 0.330 e. The zero-order valence-corrected chi connectivity index (χ0v) is 18.8. The van der Waals surface area contributed by atoms with Crippen molar-refractivity contribution in [1.82, 2.24) is 9.80 Å². The van der Waals surface area contributed by atoms with Crippen LogP contribution >= 0.6 is 0 Å². The van der Waals surface area contributed by atoms with Crippen LogP contribution in [0.2, 0.25) is 0 Å². The fraction of sp³-hybridized carbons (Fsp3) is 0.565. The molecule has 1 aromatic rings. The van der Waals surface area contributed by atoms with E-state index in [1.165, 1.54) is 6.92 Å². The minimum absolute atomic E-state index is 0.0284. The maximum Gasteiger partial charge on any atom is 0.330 e. The van der Waals surface area contributed by atoms with Gasteiger partial charge in [0.15, 0.2) is 6.10 Å². The molecule has 7 nitrogen and oxygen atoms in total. The Bertz CT molecular complexity index is 788. The Balaban J connectivity index is 2.26. The third-order valence-corrected chi connectivity index (χ3v) is 5.11. The van der Waals surface area contributed by atoms with Crippen molar-refractivity contribution >= 4 is 23.7 Å². The van der Waals surface area contributed by atoms with E-state index < -0.39 is 29.9 Å². The maximum absolute atomic E-state index is 13.0. The Morgan fingerprint density at radius 2 is 1.37 bits per heavy atom. The third-order valence-electron chi connectivity index (χ3n) is 5.11. The molecular weight excluding hydrogens is 384 g/mol. The van der Waals surface area contributed by atoms with Gasteiger partial charge in [-0.25, -0.2) is 4.79 Å². The average Bonchev–Trinajstić information content (AvgIpc) is 2.90. The van der Waals surface area contributed by atoms with E-state index in [2.05, 4.69) is 0 Å². The Kier molecular flexibility index (Phi) is 7.39. The van der Waals surface area contributed by atoms with Gasteiger partial charge < -0.3 is 9.64 Å². The third kappa shape index (κ3) is 4.71. The monoisotopic (exact) mass is 416 g/mol.